The van der Waals surface area contributed by atoms with E-state index in [1.54, 1.807) is 0 Å². The molecule has 0 radical (unpaired) electrons. The summed E-state index contributed by atoms with van der Waals surface area (Å²) >= 11 is 0. The summed E-state index contributed by atoms with van der Waals surface area (Å²) in [6, 6.07) is 17.9. The van der Waals surface area contributed by atoms with Gasteiger partial charge in [-0.25, -0.2) is 0 Å². The molecule has 0 saturated carbocycles. The molecule has 0 atom stereocenters. The van der Waals surface area contributed by atoms with Gasteiger partial charge in [0, 0.05) is 23.5 Å². The van der Waals surface area contributed by atoms with E-state index < -0.39 is 0 Å². The second kappa shape index (κ2) is 7.07. The Morgan fingerprint density at radius 2 is 1.78 bits per heavy atom. The van der Waals surface area contributed by atoms with Gasteiger partial charge in [0.2, 0.25) is 0 Å². The summed E-state index contributed by atoms with van der Waals surface area (Å²) in [6.07, 6.45) is 3.66. The lowest BCUT2D eigenvalue weighted by atomic mass is 10.0. The molecule has 1 heterocycles. The average molecular weight is 305 g/mol. The minimum absolute atomic E-state index is 0.00591. The number of pyridine rings is 1. The molecule has 1 aromatic heterocycles. The number of ether oxygens (including phenoxy) is 1. The third-order valence-electron chi connectivity index (χ3n) is 3.65. The van der Waals surface area contributed by atoms with E-state index in [4.69, 9.17) is 4.74 Å². The summed E-state index contributed by atoms with van der Waals surface area (Å²) in [7, 11) is 0. The first-order chi connectivity index (χ1) is 11.3. The van der Waals surface area contributed by atoms with Crippen LogP contribution in [0.5, 0.6) is 5.75 Å². The Balaban J connectivity index is 1.93. The van der Waals surface area contributed by atoms with Gasteiger partial charge in [-0.15, -0.1) is 0 Å². The summed E-state index contributed by atoms with van der Waals surface area (Å²) in [6.45, 7) is 2.50. The molecule has 23 heavy (non-hydrogen) atoms. The van der Waals surface area contributed by atoms with Crippen LogP contribution in [0, 0.1) is 6.92 Å². The normalized spacial score (nSPS) is 10.5. The van der Waals surface area contributed by atoms with Crippen LogP contribution in [0.2, 0.25) is 0 Å². The molecule has 3 nitrogen and oxygen atoms in total. The molecule has 0 aliphatic carbocycles. The summed E-state index contributed by atoms with van der Waals surface area (Å²) in [5.41, 5.74) is 5.03. The molecule has 0 unspecified atom stereocenters. The Labute approximate surface area is 136 Å². The molecular weight excluding hydrogens is 286 g/mol. The van der Waals surface area contributed by atoms with Crippen LogP contribution in [-0.2, 0) is 13.2 Å². The first-order valence-corrected chi connectivity index (χ1v) is 7.59. The van der Waals surface area contributed by atoms with Gasteiger partial charge in [0.25, 0.3) is 0 Å². The lowest BCUT2D eigenvalue weighted by molar-refractivity contribution is 0.278. The van der Waals surface area contributed by atoms with Crippen LogP contribution < -0.4 is 4.74 Å². The molecule has 3 heteroatoms. The maximum Gasteiger partial charge on any atom is 0.128 e. The Bertz CT molecular complexity index is 785. The van der Waals surface area contributed by atoms with Crippen molar-refractivity contribution in [3.8, 4) is 16.9 Å². The molecule has 0 fully saturated rings. The number of hydrogen-bond donors (Lipinski definition) is 1. The second-order valence-electron chi connectivity index (χ2n) is 5.51. The Morgan fingerprint density at radius 1 is 0.957 bits per heavy atom. The number of aromatic nitrogens is 1. The van der Waals surface area contributed by atoms with Gasteiger partial charge in [-0.3, -0.25) is 4.98 Å². The summed E-state index contributed by atoms with van der Waals surface area (Å²) in [4.78, 5) is 4.26. The lowest BCUT2D eigenvalue weighted by Gasteiger charge is -2.13. The van der Waals surface area contributed by atoms with Crippen molar-refractivity contribution in [3.05, 3.63) is 83.7 Å². The molecule has 0 saturated heterocycles. The van der Waals surface area contributed by atoms with Gasteiger partial charge < -0.3 is 9.84 Å². The summed E-state index contributed by atoms with van der Waals surface area (Å²) < 4.78 is 6.02. The maximum atomic E-state index is 9.38. The van der Waals surface area contributed by atoms with E-state index in [0.717, 1.165) is 33.6 Å². The van der Waals surface area contributed by atoms with Crippen LogP contribution in [0.4, 0.5) is 0 Å². The minimum atomic E-state index is -0.00591. The lowest BCUT2D eigenvalue weighted by Crippen LogP contribution is -1.98. The second-order valence-corrected chi connectivity index (χ2v) is 5.51. The highest BCUT2D eigenvalue weighted by Crippen LogP contribution is 2.31. The van der Waals surface area contributed by atoms with Gasteiger partial charge in [0.15, 0.2) is 0 Å². The van der Waals surface area contributed by atoms with E-state index in [2.05, 4.69) is 11.1 Å². The number of aliphatic hydroxyl groups is 1. The third kappa shape index (κ3) is 3.76. The topological polar surface area (TPSA) is 42.4 Å². The Morgan fingerprint density at radius 3 is 2.52 bits per heavy atom. The number of aryl methyl sites for hydroxylation is 1. The van der Waals surface area contributed by atoms with E-state index in [1.807, 2.05) is 67.8 Å². The van der Waals surface area contributed by atoms with Crippen LogP contribution in [0.3, 0.4) is 0 Å². The summed E-state index contributed by atoms with van der Waals surface area (Å²) in [5, 5.41) is 9.38. The highest BCUT2D eigenvalue weighted by molar-refractivity contribution is 5.70. The van der Waals surface area contributed by atoms with E-state index in [1.165, 1.54) is 0 Å². The van der Waals surface area contributed by atoms with Gasteiger partial charge in [0.05, 0.1) is 6.61 Å². The molecule has 1 N–H and O–H groups in total. The average Bonchev–Trinajstić information content (AvgIpc) is 2.60. The van der Waals surface area contributed by atoms with Crippen molar-refractivity contribution in [2.45, 2.75) is 20.1 Å². The number of nitrogens with zero attached hydrogens (tertiary/aromatic N) is 1. The maximum absolute atomic E-state index is 9.38. The zero-order chi connectivity index (χ0) is 16.1. The van der Waals surface area contributed by atoms with Gasteiger partial charge in [-0.1, -0.05) is 42.5 Å². The standard InChI is InChI=1S/C20H19NO2/c1-15-9-18(12-21-11-15)19-8-7-17(13-22)10-20(19)23-14-16-5-3-2-4-6-16/h2-12,22H,13-14H2,1H3. The Kier molecular flexibility index (Phi) is 4.69. The molecule has 0 aliphatic rings. The van der Waals surface area contributed by atoms with Crippen molar-refractivity contribution in [1.82, 2.24) is 4.98 Å². The smallest absolute Gasteiger partial charge is 0.128 e. The fourth-order valence-electron chi connectivity index (χ4n) is 2.46. The zero-order valence-corrected chi connectivity index (χ0v) is 13.1. The van der Waals surface area contributed by atoms with Crippen molar-refractivity contribution >= 4 is 0 Å². The van der Waals surface area contributed by atoms with Crippen molar-refractivity contribution in [1.29, 1.82) is 0 Å². The quantitative estimate of drug-likeness (QED) is 0.770. The molecule has 3 rings (SSSR count). The number of hydrogen-bond acceptors (Lipinski definition) is 3. The van der Waals surface area contributed by atoms with E-state index in [9.17, 15) is 5.11 Å². The van der Waals surface area contributed by atoms with Crippen molar-refractivity contribution in [2.24, 2.45) is 0 Å². The first kappa shape index (κ1) is 15.3. The SMILES string of the molecule is Cc1cncc(-c2ccc(CO)cc2OCc2ccccc2)c1. The van der Waals surface area contributed by atoms with Gasteiger partial charge >= 0.3 is 0 Å². The number of rotatable bonds is 5. The third-order valence-corrected chi connectivity index (χ3v) is 3.65. The highest BCUT2D eigenvalue weighted by Gasteiger charge is 2.09. The van der Waals surface area contributed by atoms with Crippen molar-refractivity contribution < 1.29 is 9.84 Å². The van der Waals surface area contributed by atoms with Crippen LogP contribution >= 0.6 is 0 Å². The monoisotopic (exact) mass is 305 g/mol. The largest absolute Gasteiger partial charge is 0.488 e. The van der Waals surface area contributed by atoms with Gasteiger partial charge in [-0.05, 0) is 35.7 Å². The molecule has 2 aromatic carbocycles. The fourth-order valence-corrected chi connectivity index (χ4v) is 2.46. The fraction of sp³-hybridized carbons (Fsp3) is 0.150. The van der Waals surface area contributed by atoms with Crippen LogP contribution in [0.25, 0.3) is 11.1 Å². The van der Waals surface area contributed by atoms with E-state index in [-0.39, 0.29) is 6.61 Å². The van der Waals surface area contributed by atoms with Crippen molar-refractivity contribution in [3.63, 3.8) is 0 Å². The molecule has 0 spiro atoms. The van der Waals surface area contributed by atoms with Crippen LogP contribution in [0.1, 0.15) is 16.7 Å². The van der Waals surface area contributed by atoms with Crippen LogP contribution in [0.15, 0.2) is 67.0 Å². The number of benzene rings is 2. The summed E-state index contributed by atoms with van der Waals surface area (Å²) in [5.74, 6) is 0.757. The van der Waals surface area contributed by atoms with Crippen molar-refractivity contribution in [2.75, 3.05) is 0 Å². The van der Waals surface area contributed by atoms with Crippen LogP contribution in [-0.4, -0.2) is 10.1 Å². The van der Waals surface area contributed by atoms with Gasteiger partial charge in [-0.2, -0.15) is 0 Å². The van der Waals surface area contributed by atoms with E-state index in [0.29, 0.717) is 6.61 Å². The Hall–Kier alpha value is -2.65. The molecule has 0 bridgehead atoms. The molecule has 0 amide bonds. The molecule has 0 aliphatic heterocycles. The molecule has 116 valence electrons. The predicted molar refractivity (Wildman–Crippen MR) is 91.1 cm³/mol. The first-order valence-electron chi connectivity index (χ1n) is 7.59. The molecular formula is C20H19NO2. The van der Waals surface area contributed by atoms with Gasteiger partial charge in [0.1, 0.15) is 12.4 Å². The predicted octanol–water partition coefficient (Wildman–Crippen LogP) is 4.13. The number of aliphatic hydroxyl groups excluding tert-OH is 1. The minimum Gasteiger partial charge on any atom is -0.488 e. The zero-order valence-electron chi connectivity index (χ0n) is 13.1. The molecule has 3 aromatic rings. The van der Waals surface area contributed by atoms with E-state index >= 15 is 0 Å². The highest BCUT2D eigenvalue weighted by atomic mass is 16.5.